The second-order valence-corrected chi connectivity index (χ2v) is 5.70. The van der Waals surface area contributed by atoms with Gasteiger partial charge in [0.1, 0.15) is 0 Å². The molecule has 2 aliphatic carbocycles. The van der Waals surface area contributed by atoms with Gasteiger partial charge in [0.2, 0.25) is 0 Å². The first-order valence-electron chi connectivity index (χ1n) is 7.04. The topological polar surface area (TPSA) is 24.9 Å². The highest BCUT2D eigenvalue weighted by molar-refractivity contribution is 5.10. The summed E-state index contributed by atoms with van der Waals surface area (Å²) < 4.78 is 0. The minimum absolute atomic E-state index is 0.856. The highest BCUT2D eigenvalue weighted by Crippen LogP contribution is 2.34. The largest absolute Gasteiger partial charge is 0.314 e. The minimum Gasteiger partial charge on any atom is -0.314 e. The molecule has 1 aromatic heterocycles. The molecule has 17 heavy (non-hydrogen) atoms. The van der Waals surface area contributed by atoms with E-state index < -0.39 is 0 Å². The second kappa shape index (κ2) is 5.18. The Morgan fingerprint density at radius 1 is 1.18 bits per heavy atom. The van der Waals surface area contributed by atoms with E-state index in [2.05, 4.69) is 22.4 Å². The molecule has 0 amide bonds. The van der Waals surface area contributed by atoms with Gasteiger partial charge in [0, 0.05) is 18.4 Å². The molecule has 2 atom stereocenters. The second-order valence-electron chi connectivity index (χ2n) is 5.70. The van der Waals surface area contributed by atoms with Crippen molar-refractivity contribution in [3.8, 4) is 0 Å². The predicted octanol–water partition coefficient (Wildman–Crippen LogP) is 2.79. The molecule has 2 nitrogen and oxygen atoms in total. The standard InChI is InChI=1S/C15H22N2/c1-4-13(9-12-3-2-8-16-10-12)14(5-1)11-17-15-6-7-15/h2-3,8,10,13-15,17H,1,4-7,9,11H2. The van der Waals surface area contributed by atoms with Crippen molar-refractivity contribution < 1.29 is 0 Å². The van der Waals surface area contributed by atoms with E-state index in [1.54, 1.807) is 0 Å². The number of hydrogen-bond acceptors (Lipinski definition) is 2. The molecule has 1 heterocycles. The maximum Gasteiger partial charge on any atom is 0.0299 e. The lowest BCUT2D eigenvalue weighted by molar-refractivity contribution is 0.364. The van der Waals surface area contributed by atoms with E-state index in [0.717, 1.165) is 17.9 Å². The summed E-state index contributed by atoms with van der Waals surface area (Å²) in [6, 6.07) is 5.13. The van der Waals surface area contributed by atoms with Crippen LogP contribution in [0.4, 0.5) is 0 Å². The Morgan fingerprint density at radius 2 is 2.06 bits per heavy atom. The van der Waals surface area contributed by atoms with Gasteiger partial charge in [-0.3, -0.25) is 4.98 Å². The van der Waals surface area contributed by atoms with Gasteiger partial charge in [-0.25, -0.2) is 0 Å². The molecule has 2 saturated carbocycles. The predicted molar refractivity (Wildman–Crippen MR) is 69.8 cm³/mol. The zero-order valence-electron chi connectivity index (χ0n) is 10.4. The molecule has 1 N–H and O–H groups in total. The van der Waals surface area contributed by atoms with E-state index in [0.29, 0.717) is 0 Å². The van der Waals surface area contributed by atoms with Gasteiger partial charge in [0.25, 0.3) is 0 Å². The molecular formula is C15H22N2. The minimum atomic E-state index is 0.856. The highest BCUT2D eigenvalue weighted by atomic mass is 14.9. The third-order valence-electron chi connectivity index (χ3n) is 4.28. The molecule has 2 aliphatic rings. The van der Waals surface area contributed by atoms with Crippen LogP contribution in [0.2, 0.25) is 0 Å². The molecule has 0 radical (unpaired) electrons. The number of aromatic nitrogens is 1. The van der Waals surface area contributed by atoms with Gasteiger partial charge >= 0.3 is 0 Å². The van der Waals surface area contributed by atoms with Crippen LogP contribution in [0.1, 0.15) is 37.7 Å². The lowest BCUT2D eigenvalue weighted by Gasteiger charge is -2.20. The van der Waals surface area contributed by atoms with Crippen molar-refractivity contribution in [1.29, 1.82) is 0 Å². The Morgan fingerprint density at radius 3 is 2.82 bits per heavy atom. The Labute approximate surface area is 104 Å². The van der Waals surface area contributed by atoms with E-state index in [-0.39, 0.29) is 0 Å². The van der Waals surface area contributed by atoms with Crippen LogP contribution in [-0.4, -0.2) is 17.6 Å². The summed E-state index contributed by atoms with van der Waals surface area (Å²) in [4.78, 5) is 4.22. The van der Waals surface area contributed by atoms with Gasteiger partial charge in [0.15, 0.2) is 0 Å². The molecule has 0 spiro atoms. The van der Waals surface area contributed by atoms with Crippen LogP contribution in [0, 0.1) is 11.8 Å². The third-order valence-corrected chi connectivity index (χ3v) is 4.28. The molecule has 0 bridgehead atoms. The van der Waals surface area contributed by atoms with Crippen LogP contribution in [0.25, 0.3) is 0 Å². The summed E-state index contributed by atoms with van der Waals surface area (Å²) in [5, 5.41) is 3.70. The molecule has 2 fully saturated rings. The maximum absolute atomic E-state index is 4.22. The van der Waals surface area contributed by atoms with Crippen LogP contribution in [-0.2, 0) is 6.42 Å². The summed E-state index contributed by atoms with van der Waals surface area (Å²) in [6.45, 7) is 1.25. The average Bonchev–Trinajstić information content (AvgIpc) is 3.09. The zero-order valence-corrected chi connectivity index (χ0v) is 10.4. The van der Waals surface area contributed by atoms with Gasteiger partial charge in [-0.2, -0.15) is 0 Å². The van der Waals surface area contributed by atoms with E-state index in [4.69, 9.17) is 0 Å². The van der Waals surface area contributed by atoms with Crippen molar-refractivity contribution in [3.05, 3.63) is 30.1 Å². The first-order valence-corrected chi connectivity index (χ1v) is 7.04. The maximum atomic E-state index is 4.22. The molecule has 2 heteroatoms. The van der Waals surface area contributed by atoms with E-state index in [1.807, 2.05) is 12.4 Å². The summed E-state index contributed by atoms with van der Waals surface area (Å²) in [6.07, 6.45) is 12.2. The Bertz CT molecular complexity index is 345. The molecular weight excluding hydrogens is 208 g/mol. The summed E-state index contributed by atoms with van der Waals surface area (Å²) in [5.74, 6) is 1.78. The van der Waals surface area contributed by atoms with E-state index >= 15 is 0 Å². The lowest BCUT2D eigenvalue weighted by atomic mass is 9.90. The van der Waals surface area contributed by atoms with Crippen molar-refractivity contribution >= 4 is 0 Å². The Hall–Kier alpha value is -0.890. The first kappa shape index (κ1) is 11.2. The number of pyridine rings is 1. The molecule has 1 aromatic rings. The summed E-state index contributed by atoms with van der Waals surface area (Å²) in [5.41, 5.74) is 1.41. The van der Waals surface area contributed by atoms with Crippen LogP contribution < -0.4 is 5.32 Å². The lowest BCUT2D eigenvalue weighted by Crippen LogP contribution is -2.27. The number of hydrogen-bond donors (Lipinski definition) is 1. The number of nitrogens with zero attached hydrogens (tertiary/aromatic N) is 1. The van der Waals surface area contributed by atoms with Gasteiger partial charge in [-0.1, -0.05) is 12.5 Å². The van der Waals surface area contributed by atoms with Gasteiger partial charge < -0.3 is 5.32 Å². The Kier molecular flexibility index (Phi) is 3.41. The van der Waals surface area contributed by atoms with Crippen molar-refractivity contribution in [3.63, 3.8) is 0 Å². The van der Waals surface area contributed by atoms with Crippen LogP contribution in [0.3, 0.4) is 0 Å². The summed E-state index contributed by atoms with van der Waals surface area (Å²) >= 11 is 0. The first-order chi connectivity index (χ1) is 8.42. The van der Waals surface area contributed by atoms with Gasteiger partial charge in [-0.15, -0.1) is 0 Å². The average molecular weight is 230 g/mol. The normalized spacial score (nSPS) is 28.5. The van der Waals surface area contributed by atoms with Gasteiger partial charge in [0.05, 0.1) is 0 Å². The summed E-state index contributed by atoms with van der Waals surface area (Å²) in [7, 11) is 0. The third kappa shape index (κ3) is 3.06. The molecule has 0 aliphatic heterocycles. The fraction of sp³-hybridized carbons (Fsp3) is 0.667. The van der Waals surface area contributed by atoms with Crippen molar-refractivity contribution in [2.24, 2.45) is 11.8 Å². The monoisotopic (exact) mass is 230 g/mol. The zero-order chi connectivity index (χ0) is 11.5. The van der Waals surface area contributed by atoms with Crippen molar-refractivity contribution in [2.45, 2.75) is 44.6 Å². The molecule has 0 aromatic carbocycles. The Balaban J connectivity index is 1.53. The van der Waals surface area contributed by atoms with Crippen LogP contribution in [0.15, 0.2) is 24.5 Å². The van der Waals surface area contributed by atoms with E-state index in [1.165, 1.54) is 50.6 Å². The highest BCUT2D eigenvalue weighted by Gasteiger charge is 2.29. The quantitative estimate of drug-likeness (QED) is 0.841. The fourth-order valence-electron chi connectivity index (χ4n) is 3.08. The van der Waals surface area contributed by atoms with Crippen LogP contribution >= 0.6 is 0 Å². The molecule has 92 valence electrons. The SMILES string of the molecule is c1cncc(CC2CCCC2CNC2CC2)c1. The van der Waals surface area contributed by atoms with Crippen molar-refractivity contribution in [1.82, 2.24) is 10.3 Å². The van der Waals surface area contributed by atoms with Crippen molar-refractivity contribution in [2.75, 3.05) is 6.54 Å². The molecule has 0 saturated heterocycles. The molecule has 3 rings (SSSR count). The number of nitrogens with one attached hydrogen (secondary N) is 1. The van der Waals surface area contributed by atoms with Gasteiger partial charge in [-0.05, 0) is 62.1 Å². The molecule has 2 unspecified atom stereocenters. The number of rotatable bonds is 5. The van der Waals surface area contributed by atoms with E-state index in [9.17, 15) is 0 Å². The fourth-order valence-corrected chi connectivity index (χ4v) is 3.08. The smallest absolute Gasteiger partial charge is 0.0299 e. The van der Waals surface area contributed by atoms with Crippen LogP contribution in [0.5, 0.6) is 0 Å².